The lowest BCUT2D eigenvalue weighted by Gasteiger charge is -2.23. The summed E-state index contributed by atoms with van der Waals surface area (Å²) in [7, 11) is 0. The maximum absolute atomic E-state index is 12.0. The van der Waals surface area contributed by atoms with E-state index in [2.05, 4.69) is 10.2 Å². The first-order chi connectivity index (χ1) is 8.70. The predicted molar refractivity (Wildman–Crippen MR) is 68.0 cm³/mol. The van der Waals surface area contributed by atoms with Crippen molar-refractivity contribution in [3.8, 4) is 0 Å². The molecule has 0 aromatic heterocycles. The van der Waals surface area contributed by atoms with E-state index in [0.717, 1.165) is 31.8 Å². The number of nitrogens with one attached hydrogen (secondary N) is 1. The van der Waals surface area contributed by atoms with E-state index in [9.17, 15) is 9.90 Å². The number of aliphatic hydroxyl groups is 2. The van der Waals surface area contributed by atoms with Crippen LogP contribution in [0.2, 0.25) is 0 Å². The van der Waals surface area contributed by atoms with Crippen LogP contribution in [-0.2, 0) is 4.79 Å². The number of rotatable bonds is 7. The van der Waals surface area contributed by atoms with E-state index in [4.69, 9.17) is 5.11 Å². The highest BCUT2D eigenvalue weighted by molar-refractivity contribution is 5.82. The predicted octanol–water partition coefficient (Wildman–Crippen LogP) is -0.280. The smallest absolute Gasteiger partial charge is 0.237 e. The molecule has 1 unspecified atom stereocenters. The Bertz CT molecular complexity index is 281. The highest BCUT2D eigenvalue weighted by Gasteiger charge is 2.34. The molecule has 5 heteroatoms. The average Bonchev–Trinajstić information content (AvgIpc) is 3.05. The first-order valence-electron chi connectivity index (χ1n) is 7.01. The fourth-order valence-corrected chi connectivity index (χ4v) is 2.54. The Morgan fingerprint density at radius 1 is 1.39 bits per heavy atom. The standard InChI is InChI=1S/C13H24N2O3/c16-9-11(17)5-6-14-13(18)12-2-1-7-15(12)8-10-3-4-10/h10-12,16-17H,1-9H2,(H,14,18)/t11-,12?/m0/s1. The van der Waals surface area contributed by atoms with Crippen LogP contribution in [0.15, 0.2) is 0 Å². The van der Waals surface area contributed by atoms with Crippen molar-refractivity contribution in [2.24, 2.45) is 5.92 Å². The third-order valence-corrected chi connectivity index (χ3v) is 3.84. The van der Waals surface area contributed by atoms with E-state index in [1.54, 1.807) is 0 Å². The maximum atomic E-state index is 12.0. The van der Waals surface area contributed by atoms with E-state index in [-0.39, 0.29) is 18.6 Å². The third kappa shape index (κ3) is 3.93. The van der Waals surface area contributed by atoms with Gasteiger partial charge in [0.25, 0.3) is 0 Å². The van der Waals surface area contributed by atoms with E-state index in [1.807, 2.05) is 0 Å². The second kappa shape index (κ2) is 6.50. The van der Waals surface area contributed by atoms with Crippen LogP contribution in [-0.4, -0.2) is 59.4 Å². The van der Waals surface area contributed by atoms with Gasteiger partial charge in [-0.25, -0.2) is 0 Å². The van der Waals surface area contributed by atoms with Crippen LogP contribution in [0.25, 0.3) is 0 Å². The number of likely N-dealkylation sites (tertiary alicyclic amines) is 1. The number of aliphatic hydroxyl groups excluding tert-OH is 2. The third-order valence-electron chi connectivity index (χ3n) is 3.84. The summed E-state index contributed by atoms with van der Waals surface area (Å²) in [4.78, 5) is 14.3. The van der Waals surface area contributed by atoms with Gasteiger partial charge in [-0.05, 0) is 44.6 Å². The molecule has 0 aromatic carbocycles. The minimum absolute atomic E-state index is 0.0249. The van der Waals surface area contributed by atoms with Crippen molar-refractivity contribution >= 4 is 5.91 Å². The minimum atomic E-state index is -0.726. The summed E-state index contributed by atoms with van der Waals surface area (Å²) >= 11 is 0. The van der Waals surface area contributed by atoms with Crippen molar-refractivity contribution in [1.29, 1.82) is 0 Å². The number of hydrogen-bond donors (Lipinski definition) is 3. The van der Waals surface area contributed by atoms with Gasteiger partial charge in [0.1, 0.15) is 0 Å². The van der Waals surface area contributed by atoms with Crippen LogP contribution in [0.3, 0.4) is 0 Å². The molecule has 1 heterocycles. The number of nitrogens with zero attached hydrogens (tertiary/aromatic N) is 1. The van der Waals surface area contributed by atoms with E-state index in [0.29, 0.717) is 13.0 Å². The molecule has 3 N–H and O–H groups in total. The minimum Gasteiger partial charge on any atom is -0.394 e. The van der Waals surface area contributed by atoms with E-state index < -0.39 is 6.10 Å². The number of hydrogen-bond acceptors (Lipinski definition) is 4. The Kier molecular flexibility index (Phi) is 4.97. The lowest BCUT2D eigenvalue weighted by atomic mass is 10.2. The highest BCUT2D eigenvalue weighted by Crippen LogP contribution is 2.32. The van der Waals surface area contributed by atoms with Crippen LogP contribution >= 0.6 is 0 Å². The Balaban J connectivity index is 1.69. The van der Waals surface area contributed by atoms with Crippen molar-refractivity contribution in [2.45, 2.75) is 44.2 Å². The Morgan fingerprint density at radius 2 is 2.17 bits per heavy atom. The number of amides is 1. The zero-order valence-electron chi connectivity index (χ0n) is 10.8. The van der Waals surface area contributed by atoms with E-state index in [1.165, 1.54) is 12.8 Å². The molecule has 0 spiro atoms. The van der Waals surface area contributed by atoms with Gasteiger partial charge < -0.3 is 15.5 Å². The molecule has 2 rings (SSSR count). The molecule has 2 aliphatic rings. The van der Waals surface area contributed by atoms with Gasteiger partial charge >= 0.3 is 0 Å². The summed E-state index contributed by atoms with van der Waals surface area (Å²) in [6.07, 6.45) is 4.36. The maximum Gasteiger partial charge on any atom is 0.237 e. The molecule has 1 aliphatic carbocycles. The summed E-state index contributed by atoms with van der Waals surface area (Å²) in [5.74, 6) is 0.896. The zero-order chi connectivity index (χ0) is 13.0. The lowest BCUT2D eigenvalue weighted by Crippen LogP contribution is -2.44. The molecule has 2 atom stereocenters. The van der Waals surface area contributed by atoms with Crippen LogP contribution in [0.1, 0.15) is 32.1 Å². The molecule has 104 valence electrons. The van der Waals surface area contributed by atoms with Gasteiger partial charge in [0.15, 0.2) is 0 Å². The fraction of sp³-hybridized carbons (Fsp3) is 0.923. The first-order valence-corrected chi connectivity index (χ1v) is 7.01. The highest BCUT2D eigenvalue weighted by atomic mass is 16.3. The summed E-state index contributed by atoms with van der Waals surface area (Å²) in [5, 5.41) is 20.8. The molecule has 0 radical (unpaired) electrons. The fourth-order valence-electron chi connectivity index (χ4n) is 2.54. The van der Waals surface area contributed by atoms with Gasteiger partial charge in [-0.2, -0.15) is 0 Å². The van der Waals surface area contributed by atoms with Crippen LogP contribution < -0.4 is 5.32 Å². The molecule has 0 bridgehead atoms. The quantitative estimate of drug-likeness (QED) is 0.586. The molecule has 18 heavy (non-hydrogen) atoms. The van der Waals surface area contributed by atoms with Gasteiger partial charge in [0.05, 0.1) is 18.8 Å². The molecule has 5 nitrogen and oxygen atoms in total. The van der Waals surface area contributed by atoms with Gasteiger partial charge in [0, 0.05) is 13.1 Å². The van der Waals surface area contributed by atoms with Gasteiger partial charge in [0.2, 0.25) is 5.91 Å². The molecule has 1 aliphatic heterocycles. The molecule has 1 saturated heterocycles. The van der Waals surface area contributed by atoms with Crippen LogP contribution in [0.4, 0.5) is 0 Å². The second-order valence-corrected chi connectivity index (χ2v) is 5.51. The van der Waals surface area contributed by atoms with Gasteiger partial charge in [-0.1, -0.05) is 0 Å². The molecular weight excluding hydrogens is 232 g/mol. The van der Waals surface area contributed by atoms with Crippen molar-refractivity contribution in [2.75, 3.05) is 26.2 Å². The molecule has 2 fully saturated rings. The molecular formula is C13H24N2O3. The summed E-state index contributed by atoms with van der Waals surface area (Å²) in [5.41, 5.74) is 0. The molecule has 0 aromatic rings. The normalized spacial score (nSPS) is 26.2. The van der Waals surface area contributed by atoms with Gasteiger partial charge in [-0.3, -0.25) is 9.69 Å². The average molecular weight is 256 g/mol. The summed E-state index contributed by atoms with van der Waals surface area (Å²) in [6.45, 7) is 2.30. The first kappa shape index (κ1) is 13.8. The Labute approximate surface area is 108 Å². The van der Waals surface area contributed by atoms with Crippen LogP contribution in [0, 0.1) is 5.92 Å². The van der Waals surface area contributed by atoms with E-state index >= 15 is 0 Å². The summed E-state index contributed by atoms with van der Waals surface area (Å²) in [6, 6.07) is 0.0249. The van der Waals surface area contributed by atoms with Crippen molar-refractivity contribution < 1.29 is 15.0 Å². The number of carbonyl (C=O) groups excluding carboxylic acids is 1. The van der Waals surface area contributed by atoms with Crippen molar-refractivity contribution in [3.05, 3.63) is 0 Å². The Morgan fingerprint density at radius 3 is 2.83 bits per heavy atom. The molecule has 1 saturated carbocycles. The van der Waals surface area contributed by atoms with Crippen molar-refractivity contribution in [1.82, 2.24) is 10.2 Å². The summed E-state index contributed by atoms with van der Waals surface area (Å²) < 4.78 is 0. The zero-order valence-corrected chi connectivity index (χ0v) is 10.8. The monoisotopic (exact) mass is 256 g/mol. The van der Waals surface area contributed by atoms with Gasteiger partial charge in [-0.15, -0.1) is 0 Å². The van der Waals surface area contributed by atoms with Crippen LogP contribution in [0.5, 0.6) is 0 Å². The topological polar surface area (TPSA) is 72.8 Å². The Hall–Kier alpha value is -0.650. The largest absolute Gasteiger partial charge is 0.394 e. The number of carbonyl (C=O) groups is 1. The van der Waals surface area contributed by atoms with Crippen molar-refractivity contribution in [3.63, 3.8) is 0 Å². The lowest BCUT2D eigenvalue weighted by molar-refractivity contribution is -0.125. The second-order valence-electron chi connectivity index (χ2n) is 5.51. The SMILES string of the molecule is O=C(NCC[C@H](O)CO)C1CCCN1CC1CC1. The molecule has 1 amide bonds.